The van der Waals surface area contributed by atoms with Crippen molar-refractivity contribution < 1.29 is 18.4 Å². The Balaban J connectivity index is 0.000000612. The average molecular weight is 393 g/mol. The first-order valence-corrected chi connectivity index (χ1v) is 8.26. The Kier molecular flexibility index (Phi) is 12.3. The van der Waals surface area contributed by atoms with Gasteiger partial charge in [0, 0.05) is 11.9 Å². The van der Waals surface area contributed by atoms with Gasteiger partial charge in [-0.25, -0.2) is 8.78 Å². The highest BCUT2D eigenvalue weighted by Crippen LogP contribution is 2.16. The van der Waals surface area contributed by atoms with Gasteiger partial charge >= 0.3 is 0 Å². The van der Waals surface area contributed by atoms with Gasteiger partial charge in [0.05, 0.1) is 11.9 Å². The van der Waals surface area contributed by atoms with Crippen molar-refractivity contribution in [3.05, 3.63) is 59.6 Å². The monoisotopic (exact) mass is 393 g/mol. The summed E-state index contributed by atoms with van der Waals surface area (Å²) >= 11 is 0. The molecule has 0 spiro atoms. The number of hydrogen-bond donors (Lipinski definition) is 3. The summed E-state index contributed by atoms with van der Waals surface area (Å²) in [5.74, 6) is -2.96. The normalized spacial score (nSPS) is 9.54. The van der Waals surface area contributed by atoms with Crippen LogP contribution in [0.25, 0.3) is 0 Å². The molecule has 9 heteroatoms. The molecule has 152 valence electrons. The molecule has 1 aromatic heterocycles. The van der Waals surface area contributed by atoms with Crippen LogP contribution in [0.4, 0.5) is 14.5 Å². The van der Waals surface area contributed by atoms with E-state index in [0.29, 0.717) is 6.29 Å². The Bertz CT molecular complexity index is 792. The highest BCUT2D eigenvalue weighted by Gasteiger charge is 2.18. The van der Waals surface area contributed by atoms with Crippen LogP contribution in [-0.4, -0.2) is 42.2 Å². The molecular weight excluding hydrogens is 368 g/mol. The molecule has 0 bridgehead atoms. The van der Waals surface area contributed by atoms with Gasteiger partial charge in [-0.3, -0.25) is 19.7 Å². The molecule has 3 N–H and O–H groups in total. The van der Waals surface area contributed by atoms with Crippen LogP contribution in [0.3, 0.4) is 0 Å². The maximum Gasteiger partial charge on any atom is 0.261 e. The van der Waals surface area contributed by atoms with Crippen molar-refractivity contribution in [1.29, 1.82) is 0 Å². The zero-order valence-corrected chi connectivity index (χ0v) is 16.5. The third-order valence-electron chi connectivity index (χ3n) is 2.71. The molecule has 0 fully saturated rings. The number of carbonyl (C=O) groups excluding carboxylic acids is 2. The van der Waals surface area contributed by atoms with E-state index in [-0.39, 0.29) is 11.4 Å². The highest BCUT2D eigenvalue weighted by atomic mass is 19.1. The lowest BCUT2D eigenvalue weighted by atomic mass is 10.2. The lowest BCUT2D eigenvalue weighted by molar-refractivity contribution is 0.101. The van der Waals surface area contributed by atoms with Gasteiger partial charge in [-0.15, -0.1) is 0 Å². The summed E-state index contributed by atoms with van der Waals surface area (Å²) in [5.41, 5.74) is 0.450. The minimum atomic E-state index is -0.991. The second-order valence-electron chi connectivity index (χ2n) is 5.42. The summed E-state index contributed by atoms with van der Waals surface area (Å²) in [7, 11) is 3.75. The lowest BCUT2D eigenvalue weighted by Gasteiger charge is -2.05. The van der Waals surface area contributed by atoms with E-state index in [1.807, 2.05) is 40.9 Å². The number of hydrogen-bond acceptors (Lipinski definition) is 5. The largest absolute Gasteiger partial charge is 0.323 e. The van der Waals surface area contributed by atoms with Crippen LogP contribution in [0.15, 0.2) is 41.7 Å². The van der Waals surface area contributed by atoms with E-state index >= 15 is 0 Å². The van der Waals surface area contributed by atoms with Gasteiger partial charge in [-0.2, -0.15) is 5.10 Å². The standard InChI is InChI=1S/C11H7F2N3O2.C6H11N.C2H7N/c12-6-2-1-3-7(13)10(6)11(18)15-8-4-14-16-9(8)5-17;1-4-5-7-6(2)3;1-3-2/h1-5H,(H,14,16)(H,15,18);4-5H,1-3H3;3H,1-2H3/b;5-4-;. The number of aromatic amines is 1. The third-order valence-corrected chi connectivity index (χ3v) is 2.71. The minimum Gasteiger partial charge on any atom is -0.323 e. The smallest absolute Gasteiger partial charge is 0.261 e. The first kappa shape index (κ1) is 24.8. The van der Waals surface area contributed by atoms with Crippen molar-refractivity contribution >= 4 is 23.6 Å². The Hall–Kier alpha value is -3.20. The summed E-state index contributed by atoms with van der Waals surface area (Å²) in [5, 5.41) is 10.8. The van der Waals surface area contributed by atoms with Crippen molar-refractivity contribution in [2.45, 2.75) is 20.8 Å². The number of amides is 1. The molecular formula is C19H25F2N5O2. The third kappa shape index (κ3) is 8.95. The van der Waals surface area contributed by atoms with Crippen molar-refractivity contribution in [1.82, 2.24) is 15.5 Å². The summed E-state index contributed by atoms with van der Waals surface area (Å²) in [6.45, 7) is 5.90. The van der Waals surface area contributed by atoms with E-state index in [4.69, 9.17) is 0 Å². The molecule has 28 heavy (non-hydrogen) atoms. The Morgan fingerprint density at radius 2 is 1.79 bits per heavy atom. The number of aliphatic imine (C=N–C) groups is 1. The predicted octanol–water partition coefficient (Wildman–Crippen LogP) is 3.59. The predicted molar refractivity (Wildman–Crippen MR) is 107 cm³/mol. The van der Waals surface area contributed by atoms with Gasteiger partial charge in [0.25, 0.3) is 5.91 Å². The Labute approximate surface area is 163 Å². The molecule has 1 aromatic carbocycles. The van der Waals surface area contributed by atoms with Crippen LogP contribution in [0.5, 0.6) is 0 Å². The summed E-state index contributed by atoms with van der Waals surface area (Å²) < 4.78 is 26.6. The molecule has 0 aliphatic rings. The zero-order valence-electron chi connectivity index (χ0n) is 16.5. The first-order chi connectivity index (χ1) is 13.3. The van der Waals surface area contributed by atoms with Crippen LogP contribution in [0.2, 0.25) is 0 Å². The van der Waals surface area contributed by atoms with E-state index in [1.165, 1.54) is 6.20 Å². The van der Waals surface area contributed by atoms with E-state index in [9.17, 15) is 18.4 Å². The highest BCUT2D eigenvalue weighted by molar-refractivity contribution is 6.06. The van der Waals surface area contributed by atoms with Crippen LogP contribution < -0.4 is 10.6 Å². The zero-order chi connectivity index (χ0) is 21.5. The number of aldehydes is 1. The number of halogens is 2. The molecule has 0 saturated heterocycles. The van der Waals surface area contributed by atoms with Gasteiger partial charge in [-0.1, -0.05) is 12.1 Å². The van der Waals surface area contributed by atoms with E-state index in [0.717, 1.165) is 23.9 Å². The number of carbonyl (C=O) groups is 2. The fraction of sp³-hybridized carbons (Fsp3) is 0.263. The molecule has 0 aliphatic heterocycles. The molecule has 0 aliphatic carbocycles. The number of H-pyrrole nitrogens is 1. The van der Waals surface area contributed by atoms with Crippen molar-refractivity contribution in [3.8, 4) is 0 Å². The number of nitrogens with one attached hydrogen (secondary N) is 3. The maximum absolute atomic E-state index is 13.3. The number of benzene rings is 1. The molecule has 0 saturated carbocycles. The quantitative estimate of drug-likeness (QED) is 0.546. The maximum atomic E-state index is 13.3. The molecule has 7 nitrogen and oxygen atoms in total. The SMILES string of the molecule is C/C=C\N=C(C)C.CNC.O=Cc1[nH]ncc1NC(=O)c1c(F)cccc1F. The Morgan fingerprint density at radius 1 is 1.21 bits per heavy atom. The van der Waals surface area contributed by atoms with Crippen LogP contribution in [0.1, 0.15) is 41.6 Å². The minimum absolute atomic E-state index is 0.0140. The molecule has 1 amide bonds. The fourth-order valence-electron chi connectivity index (χ4n) is 1.61. The van der Waals surface area contributed by atoms with Crippen LogP contribution in [0, 0.1) is 11.6 Å². The second-order valence-corrected chi connectivity index (χ2v) is 5.42. The molecule has 0 radical (unpaired) electrons. The molecule has 2 rings (SSSR count). The molecule has 1 heterocycles. The van der Waals surface area contributed by atoms with Gasteiger partial charge in [0.1, 0.15) is 22.9 Å². The lowest BCUT2D eigenvalue weighted by Crippen LogP contribution is -2.16. The van der Waals surface area contributed by atoms with Crippen molar-refractivity contribution in [2.75, 3.05) is 19.4 Å². The second kappa shape index (κ2) is 13.9. The van der Waals surface area contributed by atoms with E-state index < -0.39 is 23.1 Å². The van der Waals surface area contributed by atoms with Gasteiger partial charge in [0.15, 0.2) is 6.29 Å². The summed E-state index contributed by atoms with van der Waals surface area (Å²) in [6.07, 6.45) is 5.29. The van der Waals surface area contributed by atoms with E-state index in [2.05, 4.69) is 25.8 Å². The first-order valence-electron chi connectivity index (χ1n) is 8.26. The van der Waals surface area contributed by atoms with Gasteiger partial charge < -0.3 is 10.6 Å². The number of nitrogens with zero attached hydrogens (tertiary/aromatic N) is 2. The topological polar surface area (TPSA) is 99.2 Å². The summed E-state index contributed by atoms with van der Waals surface area (Å²) in [4.78, 5) is 26.2. The fourth-order valence-corrected chi connectivity index (χ4v) is 1.61. The molecule has 2 aromatic rings. The molecule has 0 unspecified atom stereocenters. The molecule has 0 atom stereocenters. The number of allylic oxidation sites excluding steroid dienone is 1. The van der Waals surface area contributed by atoms with E-state index in [1.54, 1.807) is 6.20 Å². The Morgan fingerprint density at radius 3 is 2.21 bits per heavy atom. The van der Waals surface area contributed by atoms with Crippen LogP contribution >= 0.6 is 0 Å². The van der Waals surface area contributed by atoms with Crippen molar-refractivity contribution in [3.63, 3.8) is 0 Å². The number of rotatable bonds is 4. The number of anilines is 1. The van der Waals surface area contributed by atoms with Crippen LogP contribution in [-0.2, 0) is 0 Å². The van der Waals surface area contributed by atoms with Gasteiger partial charge in [-0.05, 0) is 47.0 Å². The van der Waals surface area contributed by atoms with Crippen molar-refractivity contribution in [2.24, 2.45) is 4.99 Å². The average Bonchev–Trinajstić information content (AvgIpc) is 3.08. The van der Waals surface area contributed by atoms with Gasteiger partial charge in [0.2, 0.25) is 0 Å². The number of aromatic nitrogens is 2. The summed E-state index contributed by atoms with van der Waals surface area (Å²) in [6, 6.07) is 3.08.